The first-order valence-electron chi connectivity index (χ1n) is 10.7. The van der Waals surface area contributed by atoms with Gasteiger partial charge in [0.25, 0.3) is 5.91 Å². The molecule has 160 valence electrons. The van der Waals surface area contributed by atoms with Gasteiger partial charge in [-0.1, -0.05) is 54.0 Å². The lowest BCUT2D eigenvalue weighted by atomic mass is 9.95. The van der Waals surface area contributed by atoms with Gasteiger partial charge in [-0.25, -0.2) is 0 Å². The van der Waals surface area contributed by atoms with Crippen LogP contribution in [0.2, 0.25) is 0 Å². The van der Waals surface area contributed by atoms with Crippen molar-refractivity contribution >= 4 is 32.8 Å². The monoisotopic (exact) mass is 481 g/mol. The van der Waals surface area contributed by atoms with Gasteiger partial charge < -0.3 is 14.1 Å². The van der Waals surface area contributed by atoms with Crippen molar-refractivity contribution in [2.45, 2.75) is 44.8 Å². The standard InChI is InChI=1S/C25H24BrNO4/c1-14(2)15-5-7-16(8-6-15)22-21-23(28)19-12-17(26)9-10-20(19)31-24(21)25(29)27(22)13-18-4-3-11-30-18/h5-10,12,14,18,22H,3-4,11,13H2,1-2H3/t18-,22+/m1/s1. The van der Waals surface area contributed by atoms with Gasteiger partial charge in [0.1, 0.15) is 5.58 Å². The van der Waals surface area contributed by atoms with Crippen LogP contribution in [0.3, 0.4) is 0 Å². The summed E-state index contributed by atoms with van der Waals surface area (Å²) in [5.74, 6) is 0.307. The van der Waals surface area contributed by atoms with Gasteiger partial charge in [-0.05, 0) is 48.1 Å². The van der Waals surface area contributed by atoms with Gasteiger partial charge in [0.05, 0.1) is 23.1 Å². The summed E-state index contributed by atoms with van der Waals surface area (Å²) in [6, 6.07) is 13.0. The molecule has 5 rings (SSSR count). The minimum absolute atomic E-state index is 0.0191. The molecule has 1 aromatic heterocycles. The van der Waals surface area contributed by atoms with E-state index >= 15 is 0 Å². The number of hydrogen-bond donors (Lipinski definition) is 0. The number of carbonyl (C=O) groups excluding carboxylic acids is 1. The summed E-state index contributed by atoms with van der Waals surface area (Å²) in [5, 5.41) is 0.476. The Bertz CT molecular complexity index is 1210. The van der Waals surface area contributed by atoms with Crippen LogP contribution in [0, 0.1) is 0 Å². The molecule has 2 atom stereocenters. The van der Waals surface area contributed by atoms with Crippen LogP contribution in [0.4, 0.5) is 0 Å². The molecule has 2 aliphatic rings. The first-order chi connectivity index (χ1) is 14.9. The Morgan fingerprint density at radius 1 is 1.13 bits per heavy atom. The van der Waals surface area contributed by atoms with Gasteiger partial charge in [0, 0.05) is 17.6 Å². The van der Waals surface area contributed by atoms with E-state index in [0.29, 0.717) is 35.6 Å². The molecule has 0 unspecified atom stereocenters. The van der Waals surface area contributed by atoms with Crippen molar-refractivity contribution < 1.29 is 13.9 Å². The summed E-state index contributed by atoms with van der Waals surface area (Å²) in [6.45, 7) is 5.44. The van der Waals surface area contributed by atoms with E-state index in [-0.39, 0.29) is 23.2 Å². The fourth-order valence-electron chi connectivity index (χ4n) is 4.60. The second-order valence-electron chi connectivity index (χ2n) is 8.63. The molecule has 3 heterocycles. The van der Waals surface area contributed by atoms with Gasteiger partial charge in [0.15, 0.2) is 5.43 Å². The van der Waals surface area contributed by atoms with Crippen LogP contribution >= 0.6 is 15.9 Å². The molecule has 5 nitrogen and oxygen atoms in total. The third-order valence-electron chi connectivity index (χ3n) is 6.27. The molecule has 0 aliphatic carbocycles. The smallest absolute Gasteiger partial charge is 0.291 e. The van der Waals surface area contributed by atoms with E-state index in [2.05, 4.69) is 41.9 Å². The van der Waals surface area contributed by atoms with E-state index in [0.717, 1.165) is 22.9 Å². The van der Waals surface area contributed by atoms with Gasteiger partial charge >= 0.3 is 0 Å². The van der Waals surface area contributed by atoms with Crippen LogP contribution in [0.25, 0.3) is 11.0 Å². The van der Waals surface area contributed by atoms with E-state index in [9.17, 15) is 9.59 Å². The molecule has 3 aromatic rings. The third kappa shape index (κ3) is 3.52. The average molecular weight is 482 g/mol. The topological polar surface area (TPSA) is 59.8 Å². The molecular weight excluding hydrogens is 458 g/mol. The highest BCUT2D eigenvalue weighted by Crippen LogP contribution is 2.39. The van der Waals surface area contributed by atoms with E-state index in [1.54, 1.807) is 17.0 Å². The minimum atomic E-state index is -0.479. The number of fused-ring (bicyclic) bond motifs is 2. The van der Waals surface area contributed by atoms with Crippen molar-refractivity contribution in [2.75, 3.05) is 13.2 Å². The second-order valence-corrected chi connectivity index (χ2v) is 9.55. The molecule has 0 spiro atoms. The van der Waals surface area contributed by atoms with Gasteiger partial charge in [-0.15, -0.1) is 0 Å². The van der Waals surface area contributed by atoms with Crippen LogP contribution in [0.5, 0.6) is 0 Å². The Kier molecular flexibility index (Phi) is 5.22. The lowest BCUT2D eigenvalue weighted by Crippen LogP contribution is -2.36. The maximum Gasteiger partial charge on any atom is 0.291 e. The second kappa shape index (κ2) is 7.92. The predicted molar refractivity (Wildman–Crippen MR) is 123 cm³/mol. The molecule has 0 bridgehead atoms. The van der Waals surface area contributed by atoms with Crippen molar-refractivity contribution in [1.29, 1.82) is 0 Å². The summed E-state index contributed by atoms with van der Waals surface area (Å²) in [7, 11) is 0. The summed E-state index contributed by atoms with van der Waals surface area (Å²) in [6.07, 6.45) is 1.88. The van der Waals surface area contributed by atoms with E-state index < -0.39 is 6.04 Å². The number of rotatable bonds is 4. The van der Waals surface area contributed by atoms with E-state index in [1.165, 1.54) is 5.56 Å². The van der Waals surface area contributed by atoms with Gasteiger partial charge in [0.2, 0.25) is 5.76 Å². The predicted octanol–water partition coefficient (Wildman–Crippen LogP) is 5.40. The summed E-state index contributed by atoms with van der Waals surface area (Å²) >= 11 is 3.44. The largest absolute Gasteiger partial charge is 0.450 e. The normalized spacial score (nSPS) is 20.8. The quantitative estimate of drug-likeness (QED) is 0.500. The van der Waals surface area contributed by atoms with E-state index in [1.807, 2.05) is 18.2 Å². The molecule has 2 aromatic carbocycles. The fraction of sp³-hybridized carbons (Fsp3) is 0.360. The van der Waals surface area contributed by atoms with Crippen molar-refractivity contribution in [3.63, 3.8) is 0 Å². The van der Waals surface area contributed by atoms with Crippen LogP contribution in [-0.2, 0) is 4.74 Å². The summed E-state index contributed by atoms with van der Waals surface area (Å²) < 4.78 is 12.6. The SMILES string of the molecule is CC(C)c1ccc([C@H]2c3c(oc4ccc(Br)cc4c3=O)C(=O)N2C[C@H]2CCCO2)cc1. The number of carbonyl (C=O) groups is 1. The zero-order valence-corrected chi connectivity index (χ0v) is 19.1. The maximum absolute atomic E-state index is 13.6. The lowest BCUT2D eigenvalue weighted by molar-refractivity contribution is 0.0486. The van der Waals surface area contributed by atoms with Crippen LogP contribution in [0.15, 0.2) is 56.1 Å². The molecule has 1 amide bonds. The van der Waals surface area contributed by atoms with Gasteiger partial charge in [-0.3, -0.25) is 9.59 Å². The first-order valence-corrected chi connectivity index (χ1v) is 11.5. The first kappa shape index (κ1) is 20.5. The van der Waals surface area contributed by atoms with Crippen molar-refractivity contribution in [2.24, 2.45) is 0 Å². The highest BCUT2D eigenvalue weighted by atomic mass is 79.9. The number of halogens is 1. The minimum Gasteiger partial charge on any atom is -0.450 e. The van der Waals surface area contributed by atoms with Crippen molar-refractivity contribution in [3.8, 4) is 0 Å². The molecule has 0 radical (unpaired) electrons. The lowest BCUT2D eigenvalue weighted by Gasteiger charge is -2.27. The van der Waals surface area contributed by atoms with Crippen molar-refractivity contribution in [3.05, 3.63) is 79.6 Å². The molecule has 31 heavy (non-hydrogen) atoms. The fourth-order valence-corrected chi connectivity index (χ4v) is 4.96. The maximum atomic E-state index is 13.6. The zero-order chi connectivity index (χ0) is 21.7. The molecule has 6 heteroatoms. The number of nitrogens with zero attached hydrogens (tertiary/aromatic N) is 1. The molecule has 1 saturated heterocycles. The molecule has 2 aliphatic heterocycles. The highest BCUT2D eigenvalue weighted by Gasteiger charge is 2.43. The number of ether oxygens (including phenoxy) is 1. The Labute approximate surface area is 189 Å². The third-order valence-corrected chi connectivity index (χ3v) is 6.76. The highest BCUT2D eigenvalue weighted by molar-refractivity contribution is 9.10. The zero-order valence-electron chi connectivity index (χ0n) is 17.6. The number of benzene rings is 2. The molecule has 0 saturated carbocycles. The van der Waals surface area contributed by atoms with Crippen LogP contribution in [-0.4, -0.2) is 30.1 Å². The molecule has 0 N–H and O–H groups in total. The Morgan fingerprint density at radius 2 is 1.90 bits per heavy atom. The molecule has 1 fully saturated rings. The van der Waals surface area contributed by atoms with Crippen LogP contribution in [0.1, 0.15) is 65.9 Å². The van der Waals surface area contributed by atoms with E-state index in [4.69, 9.17) is 9.15 Å². The molecular formula is C25H24BrNO4. The summed E-state index contributed by atoms with van der Waals surface area (Å²) in [5.41, 5.74) is 2.82. The van der Waals surface area contributed by atoms with Crippen LogP contribution < -0.4 is 5.43 Å². The summed E-state index contributed by atoms with van der Waals surface area (Å²) in [4.78, 5) is 28.8. The Balaban J connectivity index is 1.68. The number of hydrogen-bond acceptors (Lipinski definition) is 4. The van der Waals surface area contributed by atoms with Crippen molar-refractivity contribution in [1.82, 2.24) is 4.90 Å². The number of amides is 1. The Hall–Kier alpha value is -2.44. The average Bonchev–Trinajstić information content (AvgIpc) is 3.36. The van der Waals surface area contributed by atoms with Gasteiger partial charge in [-0.2, -0.15) is 0 Å². The Morgan fingerprint density at radius 3 is 2.58 bits per heavy atom.